The summed E-state index contributed by atoms with van der Waals surface area (Å²) in [6.07, 6.45) is 2.43. The molecule has 3 heterocycles. The first kappa shape index (κ1) is 23.9. The van der Waals surface area contributed by atoms with Crippen LogP contribution in [-0.4, -0.2) is 76.3 Å². The molecule has 4 aliphatic rings. The number of urea groups is 1. The van der Waals surface area contributed by atoms with Gasteiger partial charge in [-0.1, -0.05) is 30.3 Å². The van der Waals surface area contributed by atoms with Crippen LogP contribution in [0, 0.1) is 5.41 Å². The number of rotatable bonds is 6. The van der Waals surface area contributed by atoms with E-state index in [0.717, 1.165) is 18.4 Å². The van der Waals surface area contributed by atoms with Crippen molar-refractivity contribution in [3.8, 4) is 0 Å². The molecule has 4 amide bonds. The second-order valence-electron chi connectivity index (χ2n) is 11.0. The number of hydroxylamine groups is 3. The van der Waals surface area contributed by atoms with Gasteiger partial charge in [-0.15, -0.1) is 0 Å². The normalized spacial score (nSPS) is 26.9. The molecule has 10 nitrogen and oxygen atoms in total. The summed E-state index contributed by atoms with van der Waals surface area (Å²) >= 11 is 0. The molecular weight excluding hydrogens is 452 g/mol. The number of benzene rings is 1. The van der Waals surface area contributed by atoms with Gasteiger partial charge in [0, 0.05) is 13.1 Å². The van der Waals surface area contributed by atoms with Crippen molar-refractivity contribution in [1.82, 2.24) is 20.3 Å². The Balaban J connectivity index is 1.16. The maximum absolute atomic E-state index is 13.2. The van der Waals surface area contributed by atoms with E-state index in [-0.39, 0.29) is 35.6 Å². The molecule has 1 N–H and O–H groups in total. The minimum atomic E-state index is -0.602. The lowest BCUT2D eigenvalue weighted by Gasteiger charge is -2.35. The number of carbonyl (C=O) groups is 3. The van der Waals surface area contributed by atoms with Gasteiger partial charge in [0.1, 0.15) is 24.4 Å². The molecule has 1 aliphatic carbocycles. The van der Waals surface area contributed by atoms with E-state index in [1.807, 2.05) is 51.1 Å². The van der Waals surface area contributed by atoms with Crippen LogP contribution < -0.4 is 5.48 Å². The first-order valence-corrected chi connectivity index (χ1v) is 12.4. The minimum Gasteiger partial charge on any atom is -0.444 e. The van der Waals surface area contributed by atoms with Gasteiger partial charge >= 0.3 is 12.1 Å². The van der Waals surface area contributed by atoms with Crippen molar-refractivity contribution in [3.63, 3.8) is 0 Å². The second kappa shape index (κ2) is 8.98. The number of nitrogens with one attached hydrogen (secondary N) is 1. The zero-order valence-electron chi connectivity index (χ0n) is 20.6. The van der Waals surface area contributed by atoms with Crippen LogP contribution in [0.25, 0.3) is 0 Å². The highest BCUT2D eigenvalue weighted by Crippen LogP contribution is 2.59. The number of carbonyl (C=O) groups excluding carboxylic acids is 3. The summed E-state index contributed by atoms with van der Waals surface area (Å²) in [4.78, 5) is 53.3. The minimum absolute atomic E-state index is 0.0408. The van der Waals surface area contributed by atoms with E-state index >= 15 is 0 Å². The largest absolute Gasteiger partial charge is 0.444 e. The highest BCUT2D eigenvalue weighted by molar-refractivity contribution is 5.88. The molecular formula is C25H34N4O6. The average molecular weight is 487 g/mol. The van der Waals surface area contributed by atoms with E-state index in [9.17, 15) is 14.4 Å². The number of hydrogen-bond donors (Lipinski definition) is 1. The van der Waals surface area contributed by atoms with Crippen LogP contribution in [0.5, 0.6) is 0 Å². The summed E-state index contributed by atoms with van der Waals surface area (Å²) < 4.78 is 5.41. The van der Waals surface area contributed by atoms with Gasteiger partial charge in [0.05, 0.1) is 12.6 Å². The molecule has 1 aromatic rings. The Bertz CT molecular complexity index is 976. The lowest BCUT2D eigenvalue weighted by molar-refractivity contribution is -0.154. The smallest absolute Gasteiger partial charge is 0.410 e. The Hall–Kier alpha value is -2.85. The van der Waals surface area contributed by atoms with Gasteiger partial charge in [-0.2, -0.15) is 5.06 Å². The van der Waals surface area contributed by atoms with Crippen LogP contribution in [0.15, 0.2) is 30.3 Å². The standard InChI is InChI=1S/C25H34N4O6/c1-24(2,3)34-23(32)27-12-9-18(14-27)35-26-21(30)19-13-25(10-11-25)20-15-28(19)22(31)29(20)33-16-17-7-5-4-6-8-17/h4-8,18-20H,9-16H2,1-3H3,(H,26,30). The fraction of sp³-hybridized carbons (Fsp3) is 0.640. The lowest BCUT2D eigenvalue weighted by atomic mass is 9.85. The van der Waals surface area contributed by atoms with Crippen LogP contribution in [0.1, 0.15) is 52.0 Å². The van der Waals surface area contributed by atoms with Gasteiger partial charge in [-0.25, -0.2) is 15.1 Å². The van der Waals surface area contributed by atoms with Crippen molar-refractivity contribution < 1.29 is 28.8 Å². The van der Waals surface area contributed by atoms with Gasteiger partial charge < -0.3 is 14.5 Å². The summed E-state index contributed by atoms with van der Waals surface area (Å²) in [7, 11) is 0. The number of fused-ring (bicyclic) bond motifs is 3. The van der Waals surface area contributed by atoms with Crippen LogP contribution in [0.3, 0.4) is 0 Å². The third-order valence-electron chi connectivity index (χ3n) is 7.30. The molecule has 1 aromatic carbocycles. The van der Waals surface area contributed by atoms with Gasteiger partial charge in [0.2, 0.25) is 0 Å². The van der Waals surface area contributed by atoms with Crippen LogP contribution in [0.2, 0.25) is 0 Å². The molecule has 3 atom stereocenters. The fourth-order valence-electron chi connectivity index (χ4n) is 5.25. The van der Waals surface area contributed by atoms with Crippen LogP contribution >= 0.6 is 0 Å². The summed E-state index contributed by atoms with van der Waals surface area (Å²) in [6.45, 7) is 7.10. The highest BCUT2D eigenvalue weighted by Gasteiger charge is 2.64. The molecule has 1 saturated carbocycles. The number of likely N-dealkylation sites (tertiary alicyclic amines) is 1. The van der Waals surface area contributed by atoms with E-state index in [0.29, 0.717) is 39.1 Å². The van der Waals surface area contributed by atoms with E-state index in [1.165, 1.54) is 5.06 Å². The molecule has 4 fully saturated rings. The van der Waals surface area contributed by atoms with Crippen molar-refractivity contribution >= 4 is 18.0 Å². The first-order valence-electron chi connectivity index (χ1n) is 12.4. The molecule has 2 bridgehead atoms. The van der Waals surface area contributed by atoms with Crippen molar-refractivity contribution in [3.05, 3.63) is 35.9 Å². The topological polar surface area (TPSA) is 101 Å². The maximum atomic E-state index is 13.2. The molecule has 5 rings (SSSR count). The second-order valence-corrected chi connectivity index (χ2v) is 11.0. The van der Waals surface area contributed by atoms with Crippen molar-refractivity contribution in [1.29, 1.82) is 0 Å². The number of nitrogens with zero attached hydrogens (tertiary/aromatic N) is 3. The Morgan fingerprint density at radius 1 is 1.14 bits per heavy atom. The van der Waals surface area contributed by atoms with Crippen molar-refractivity contribution in [2.45, 2.75) is 76.9 Å². The van der Waals surface area contributed by atoms with E-state index < -0.39 is 11.6 Å². The van der Waals surface area contributed by atoms with Crippen molar-refractivity contribution in [2.24, 2.45) is 5.41 Å². The summed E-state index contributed by atoms with van der Waals surface area (Å²) in [6, 6.07) is 8.82. The Labute approximate surface area is 205 Å². The first-order chi connectivity index (χ1) is 16.7. The van der Waals surface area contributed by atoms with Gasteiger partial charge in [-0.05, 0) is 57.4 Å². The Morgan fingerprint density at radius 3 is 2.57 bits per heavy atom. The maximum Gasteiger partial charge on any atom is 0.410 e. The van der Waals surface area contributed by atoms with Gasteiger partial charge in [-0.3, -0.25) is 14.5 Å². The molecule has 35 heavy (non-hydrogen) atoms. The number of ether oxygens (including phenoxy) is 1. The molecule has 190 valence electrons. The zero-order chi connectivity index (χ0) is 24.8. The summed E-state index contributed by atoms with van der Waals surface area (Å²) in [5, 5.41) is 1.49. The molecule has 3 unspecified atom stereocenters. The monoisotopic (exact) mass is 486 g/mol. The summed E-state index contributed by atoms with van der Waals surface area (Å²) in [5.74, 6) is -0.330. The molecule has 1 spiro atoms. The van der Waals surface area contributed by atoms with E-state index in [2.05, 4.69) is 5.48 Å². The SMILES string of the molecule is CC(C)(C)OC(=O)N1CCC(ONC(=O)C2CC3(CC3)C3CN2C(=O)N3OCc2ccccc2)C1. The van der Waals surface area contributed by atoms with E-state index in [4.69, 9.17) is 14.4 Å². The zero-order valence-corrected chi connectivity index (χ0v) is 20.6. The number of piperidine rings is 1. The quantitative estimate of drug-likeness (QED) is 0.621. The van der Waals surface area contributed by atoms with Crippen molar-refractivity contribution in [2.75, 3.05) is 19.6 Å². The average Bonchev–Trinajstić information content (AvgIpc) is 3.30. The molecule has 0 radical (unpaired) electrons. The molecule has 10 heteroatoms. The third kappa shape index (κ3) is 4.95. The highest BCUT2D eigenvalue weighted by atomic mass is 16.7. The lowest BCUT2D eigenvalue weighted by Crippen LogP contribution is -2.53. The predicted molar refractivity (Wildman–Crippen MR) is 124 cm³/mol. The number of hydrogen-bond acceptors (Lipinski definition) is 6. The molecule has 3 saturated heterocycles. The molecule has 3 aliphatic heterocycles. The predicted octanol–water partition coefficient (Wildman–Crippen LogP) is 2.83. The third-order valence-corrected chi connectivity index (χ3v) is 7.30. The van der Waals surface area contributed by atoms with Crippen LogP contribution in [0.4, 0.5) is 9.59 Å². The fourth-order valence-corrected chi connectivity index (χ4v) is 5.25. The number of amides is 4. The Kier molecular flexibility index (Phi) is 6.13. The Morgan fingerprint density at radius 2 is 1.89 bits per heavy atom. The van der Waals surface area contributed by atoms with Gasteiger partial charge in [0.15, 0.2) is 0 Å². The molecule has 0 aromatic heterocycles. The van der Waals surface area contributed by atoms with Crippen LogP contribution in [-0.2, 0) is 25.8 Å². The summed E-state index contributed by atoms with van der Waals surface area (Å²) in [5.41, 5.74) is 2.91. The van der Waals surface area contributed by atoms with Gasteiger partial charge in [0.25, 0.3) is 5.91 Å². The van der Waals surface area contributed by atoms with E-state index in [1.54, 1.807) is 9.80 Å².